The van der Waals surface area contributed by atoms with E-state index in [1.807, 2.05) is 12.1 Å². The van der Waals surface area contributed by atoms with Gasteiger partial charge < -0.3 is 32.8 Å². The van der Waals surface area contributed by atoms with Crippen LogP contribution in [0, 0.1) is 0 Å². The van der Waals surface area contributed by atoms with Gasteiger partial charge in [-0.05, 0) is 48.3 Å². The van der Waals surface area contributed by atoms with Crippen LogP contribution in [0.25, 0.3) is 0 Å². The molecule has 1 aromatic rings. The van der Waals surface area contributed by atoms with Gasteiger partial charge in [-0.2, -0.15) is 0 Å². The van der Waals surface area contributed by atoms with Crippen molar-refractivity contribution >= 4 is 14.3 Å². The Morgan fingerprint density at radius 1 is 1.11 bits per heavy atom. The van der Waals surface area contributed by atoms with Crippen molar-refractivity contribution in [3.63, 3.8) is 0 Å². The Balaban J connectivity index is 1.59. The van der Waals surface area contributed by atoms with Crippen LogP contribution in [0.2, 0.25) is 18.1 Å². The third-order valence-electron chi connectivity index (χ3n) is 7.48. The summed E-state index contributed by atoms with van der Waals surface area (Å²) in [5.41, 5.74) is 2.44. The molecule has 0 aliphatic carbocycles. The molecule has 3 heterocycles. The second-order valence-electron chi connectivity index (χ2n) is 9.32. The maximum Gasteiger partial charge on any atom is 0.335 e. The second-order valence-corrected chi connectivity index (χ2v) is 14.0. The van der Waals surface area contributed by atoms with Gasteiger partial charge in [-0.25, -0.2) is 4.79 Å². The highest BCUT2D eigenvalue weighted by molar-refractivity contribution is 6.73. The van der Waals surface area contributed by atoms with E-state index in [4.69, 9.17) is 32.8 Å². The van der Waals surface area contributed by atoms with Crippen LogP contribution in [0.3, 0.4) is 0 Å². The molecular weight excluding hydrogens is 468 g/mol. The molecule has 0 radical (unpaired) electrons. The summed E-state index contributed by atoms with van der Waals surface area (Å²) in [7, 11) is -2.07. The van der Waals surface area contributed by atoms with Crippen LogP contribution in [-0.4, -0.2) is 52.8 Å². The molecule has 0 aromatic heterocycles. The van der Waals surface area contributed by atoms with Gasteiger partial charge in [0, 0.05) is 12.8 Å². The monoisotopic (exact) mass is 506 g/mol. The molecule has 1 unspecified atom stereocenters. The predicted molar refractivity (Wildman–Crippen MR) is 132 cm³/mol. The SMILES string of the molecule is C=C(C(=O)OCC)[C@H](CC1(CC2OCc3cc4c(cc32)OCO4)OCCO1)O[Si](CC)(CC)CC. The number of benzene rings is 1. The van der Waals surface area contributed by atoms with E-state index in [9.17, 15) is 4.79 Å². The number of rotatable bonds is 12. The van der Waals surface area contributed by atoms with Crippen LogP contribution in [0.5, 0.6) is 11.5 Å². The molecule has 0 saturated carbocycles. The average molecular weight is 507 g/mol. The fraction of sp³-hybridized carbons (Fsp3) is 0.654. The quantitative estimate of drug-likeness (QED) is 0.222. The molecule has 0 N–H and O–H groups in total. The van der Waals surface area contributed by atoms with Crippen molar-refractivity contribution in [1.82, 2.24) is 0 Å². The van der Waals surface area contributed by atoms with Gasteiger partial charge in [-0.3, -0.25) is 0 Å². The molecule has 2 atom stereocenters. The second kappa shape index (κ2) is 11.0. The van der Waals surface area contributed by atoms with E-state index in [-0.39, 0.29) is 19.5 Å². The Hall–Kier alpha value is -1.91. The first-order valence-electron chi connectivity index (χ1n) is 12.7. The smallest absolute Gasteiger partial charge is 0.335 e. The van der Waals surface area contributed by atoms with Gasteiger partial charge >= 0.3 is 5.97 Å². The lowest BCUT2D eigenvalue weighted by molar-refractivity contribution is -0.195. The highest BCUT2D eigenvalue weighted by Crippen LogP contribution is 2.46. The van der Waals surface area contributed by atoms with Crippen molar-refractivity contribution < 1.29 is 37.6 Å². The van der Waals surface area contributed by atoms with Gasteiger partial charge in [0.25, 0.3) is 0 Å². The number of hydrogen-bond donors (Lipinski definition) is 0. The van der Waals surface area contributed by atoms with Crippen molar-refractivity contribution in [2.24, 2.45) is 0 Å². The summed E-state index contributed by atoms with van der Waals surface area (Å²) in [6.07, 6.45) is 0.0177. The zero-order valence-corrected chi connectivity index (χ0v) is 22.4. The maximum absolute atomic E-state index is 12.7. The Morgan fingerprint density at radius 3 is 2.40 bits per heavy atom. The van der Waals surface area contributed by atoms with Crippen LogP contribution in [0.15, 0.2) is 24.3 Å². The van der Waals surface area contributed by atoms with Crippen molar-refractivity contribution in [1.29, 1.82) is 0 Å². The molecule has 9 heteroatoms. The first-order chi connectivity index (χ1) is 16.9. The summed E-state index contributed by atoms with van der Waals surface area (Å²) < 4.78 is 41.8. The fourth-order valence-corrected chi connectivity index (χ4v) is 7.98. The Morgan fingerprint density at radius 2 is 1.77 bits per heavy atom. The van der Waals surface area contributed by atoms with Crippen LogP contribution in [-0.2, 0) is 34.8 Å². The fourth-order valence-electron chi connectivity index (χ4n) is 5.15. The summed E-state index contributed by atoms with van der Waals surface area (Å²) in [6.45, 7) is 14.3. The number of fused-ring (bicyclic) bond motifs is 2. The number of esters is 1. The van der Waals surface area contributed by atoms with Gasteiger partial charge in [-0.1, -0.05) is 27.4 Å². The van der Waals surface area contributed by atoms with Crippen molar-refractivity contribution in [3.8, 4) is 11.5 Å². The van der Waals surface area contributed by atoms with Gasteiger partial charge in [0.05, 0.1) is 44.2 Å². The number of hydrogen-bond acceptors (Lipinski definition) is 8. The van der Waals surface area contributed by atoms with E-state index in [0.717, 1.165) is 40.8 Å². The average Bonchev–Trinajstić information content (AvgIpc) is 3.61. The van der Waals surface area contributed by atoms with Gasteiger partial charge in [0.1, 0.15) is 0 Å². The molecule has 194 valence electrons. The highest BCUT2D eigenvalue weighted by atomic mass is 28.4. The molecule has 8 nitrogen and oxygen atoms in total. The predicted octanol–water partition coefficient (Wildman–Crippen LogP) is 5.02. The molecule has 35 heavy (non-hydrogen) atoms. The van der Waals surface area contributed by atoms with Crippen LogP contribution in [0.4, 0.5) is 0 Å². The third-order valence-corrected chi connectivity index (χ3v) is 12.1. The van der Waals surface area contributed by atoms with E-state index >= 15 is 0 Å². The van der Waals surface area contributed by atoms with Gasteiger partial charge in [-0.15, -0.1) is 0 Å². The van der Waals surface area contributed by atoms with E-state index in [2.05, 4.69) is 27.4 Å². The number of ether oxygens (including phenoxy) is 6. The minimum Gasteiger partial charge on any atom is -0.463 e. The Kier molecular flexibility index (Phi) is 8.22. The van der Waals surface area contributed by atoms with E-state index in [0.29, 0.717) is 38.2 Å². The first kappa shape index (κ1) is 26.2. The molecular formula is C26H38O8Si. The largest absolute Gasteiger partial charge is 0.463 e. The van der Waals surface area contributed by atoms with Crippen molar-refractivity contribution in [3.05, 3.63) is 35.4 Å². The molecule has 0 amide bonds. The van der Waals surface area contributed by atoms with E-state index < -0.39 is 26.2 Å². The minimum absolute atomic E-state index is 0.229. The molecule has 4 rings (SSSR count). The molecule has 3 aliphatic rings. The van der Waals surface area contributed by atoms with E-state index in [1.54, 1.807) is 6.92 Å². The summed E-state index contributed by atoms with van der Waals surface area (Å²) in [5, 5.41) is 0. The normalized spacial score (nSPS) is 21.1. The topological polar surface area (TPSA) is 81.7 Å². The molecule has 1 fully saturated rings. The Bertz CT molecular complexity index is 914. The zero-order chi connectivity index (χ0) is 25.1. The summed E-state index contributed by atoms with van der Waals surface area (Å²) in [5.74, 6) is 0.0726. The van der Waals surface area contributed by atoms with Crippen molar-refractivity contribution in [2.45, 2.75) is 83.3 Å². The standard InChI is InChI=1S/C26H38O8Si/c1-6-28-25(27)18(5)23(34-35(7-2,8-3)9-4)14-26(32-10-11-33-26)15-24-20-13-22-21(30-17-31-22)12-19(20)16-29-24/h12-13,23-24H,5-11,14-17H2,1-4H3/t23-,24?/m0/s1. The Labute approximate surface area is 208 Å². The van der Waals surface area contributed by atoms with Crippen LogP contribution in [0.1, 0.15) is 57.8 Å². The van der Waals surface area contributed by atoms with Crippen LogP contribution >= 0.6 is 0 Å². The molecule has 1 aromatic carbocycles. The lowest BCUT2D eigenvalue weighted by Gasteiger charge is -2.38. The summed E-state index contributed by atoms with van der Waals surface area (Å²) >= 11 is 0. The van der Waals surface area contributed by atoms with Gasteiger partial charge in [0.2, 0.25) is 6.79 Å². The summed E-state index contributed by atoms with van der Waals surface area (Å²) in [6, 6.07) is 6.83. The lowest BCUT2D eigenvalue weighted by Crippen LogP contribution is -2.46. The maximum atomic E-state index is 12.7. The highest BCUT2D eigenvalue weighted by Gasteiger charge is 2.46. The van der Waals surface area contributed by atoms with Crippen LogP contribution < -0.4 is 9.47 Å². The lowest BCUT2D eigenvalue weighted by atomic mass is 9.93. The van der Waals surface area contributed by atoms with Crippen molar-refractivity contribution in [2.75, 3.05) is 26.6 Å². The molecule has 3 aliphatic heterocycles. The first-order valence-corrected chi connectivity index (χ1v) is 15.3. The number of carbonyl (C=O) groups is 1. The molecule has 1 saturated heterocycles. The minimum atomic E-state index is -2.07. The molecule has 0 spiro atoms. The van der Waals surface area contributed by atoms with E-state index in [1.165, 1.54) is 0 Å². The zero-order valence-electron chi connectivity index (χ0n) is 21.4. The summed E-state index contributed by atoms with van der Waals surface area (Å²) in [4.78, 5) is 12.7. The number of carbonyl (C=O) groups excluding carboxylic acids is 1. The van der Waals surface area contributed by atoms with Gasteiger partial charge in [0.15, 0.2) is 25.6 Å². The third kappa shape index (κ3) is 5.44. The molecule has 0 bridgehead atoms.